The molecule has 1 aromatic carbocycles. The number of aliphatic carboxylic acids is 1. The van der Waals surface area contributed by atoms with Crippen molar-refractivity contribution in [3.8, 4) is 0 Å². The number of carboxylic acids is 1. The molecule has 102 valence electrons. The van der Waals surface area contributed by atoms with Crippen molar-refractivity contribution in [3.05, 3.63) is 58.3 Å². The lowest BCUT2D eigenvalue weighted by Crippen LogP contribution is -1.99. The molecule has 6 nitrogen and oxygen atoms in total. The first kappa shape index (κ1) is 14.0. The van der Waals surface area contributed by atoms with Gasteiger partial charge in [0.15, 0.2) is 0 Å². The van der Waals surface area contributed by atoms with Crippen molar-refractivity contribution in [2.45, 2.75) is 16.3 Å². The fourth-order valence-electron chi connectivity index (χ4n) is 1.51. The van der Waals surface area contributed by atoms with Gasteiger partial charge < -0.3 is 5.11 Å². The molecule has 0 aliphatic heterocycles. The zero-order valence-corrected chi connectivity index (χ0v) is 11.0. The van der Waals surface area contributed by atoms with Gasteiger partial charge in [-0.15, -0.1) is 0 Å². The van der Waals surface area contributed by atoms with E-state index in [1.165, 1.54) is 24.0 Å². The smallest absolute Gasteiger partial charge is 0.307 e. The van der Waals surface area contributed by atoms with Crippen LogP contribution in [-0.2, 0) is 11.2 Å². The van der Waals surface area contributed by atoms with Crippen molar-refractivity contribution in [3.63, 3.8) is 0 Å². The Morgan fingerprint density at radius 1 is 1.25 bits per heavy atom. The van der Waals surface area contributed by atoms with Crippen LogP contribution in [0.15, 0.2) is 52.5 Å². The summed E-state index contributed by atoms with van der Waals surface area (Å²) < 4.78 is 0. The summed E-state index contributed by atoms with van der Waals surface area (Å²) in [5.74, 6) is -0.873. The van der Waals surface area contributed by atoms with Gasteiger partial charge >= 0.3 is 5.97 Å². The maximum atomic E-state index is 10.6. The number of carbonyl (C=O) groups is 1. The molecule has 0 bridgehead atoms. The van der Waals surface area contributed by atoms with Crippen LogP contribution in [0.4, 0.5) is 5.69 Å². The van der Waals surface area contributed by atoms with Gasteiger partial charge in [0.2, 0.25) is 0 Å². The van der Waals surface area contributed by atoms with Gasteiger partial charge in [-0.25, -0.2) is 4.98 Å². The van der Waals surface area contributed by atoms with Crippen LogP contribution < -0.4 is 0 Å². The first-order chi connectivity index (χ1) is 9.54. The van der Waals surface area contributed by atoms with E-state index < -0.39 is 10.9 Å². The second-order valence-electron chi connectivity index (χ2n) is 3.93. The maximum Gasteiger partial charge on any atom is 0.307 e. The molecule has 2 aromatic rings. The summed E-state index contributed by atoms with van der Waals surface area (Å²) in [5, 5.41) is 19.8. The van der Waals surface area contributed by atoms with Crippen molar-refractivity contribution in [2.75, 3.05) is 0 Å². The molecule has 0 spiro atoms. The lowest BCUT2D eigenvalue weighted by molar-refractivity contribution is -0.385. The minimum Gasteiger partial charge on any atom is -0.481 e. The Morgan fingerprint density at radius 3 is 2.45 bits per heavy atom. The van der Waals surface area contributed by atoms with Crippen LogP contribution in [0, 0.1) is 10.1 Å². The normalized spacial score (nSPS) is 10.2. The average Bonchev–Trinajstić information content (AvgIpc) is 2.41. The van der Waals surface area contributed by atoms with E-state index in [-0.39, 0.29) is 12.1 Å². The van der Waals surface area contributed by atoms with E-state index in [9.17, 15) is 14.9 Å². The summed E-state index contributed by atoms with van der Waals surface area (Å²) in [4.78, 5) is 25.5. The molecule has 0 amide bonds. The van der Waals surface area contributed by atoms with Crippen LogP contribution in [0.5, 0.6) is 0 Å². The predicted octanol–water partition coefficient (Wildman–Crippen LogP) is 2.77. The Kier molecular flexibility index (Phi) is 4.31. The third kappa shape index (κ3) is 3.79. The highest BCUT2D eigenvalue weighted by molar-refractivity contribution is 7.99. The van der Waals surface area contributed by atoms with Gasteiger partial charge in [-0.1, -0.05) is 23.9 Å². The minimum atomic E-state index is -0.873. The number of nitrogens with zero attached hydrogens (tertiary/aromatic N) is 2. The Hall–Kier alpha value is -2.41. The Morgan fingerprint density at radius 2 is 1.95 bits per heavy atom. The number of rotatable bonds is 5. The second-order valence-corrected chi connectivity index (χ2v) is 5.02. The lowest BCUT2D eigenvalue weighted by Gasteiger charge is -2.02. The summed E-state index contributed by atoms with van der Waals surface area (Å²) >= 11 is 1.35. The molecule has 0 fully saturated rings. The molecule has 0 aliphatic carbocycles. The fraction of sp³-hybridized carbons (Fsp3) is 0.0769. The van der Waals surface area contributed by atoms with Gasteiger partial charge in [0.25, 0.3) is 5.69 Å². The summed E-state index contributed by atoms with van der Waals surface area (Å²) in [5.41, 5.74) is 0.671. The predicted molar refractivity (Wildman–Crippen MR) is 72.8 cm³/mol. The molecule has 1 aromatic heterocycles. The zero-order valence-electron chi connectivity index (χ0n) is 10.2. The Balaban J connectivity index is 2.06. The molecule has 0 saturated heterocycles. The number of nitro groups is 1. The molecule has 0 aliphatic rings. The molecule has 7 heteroatoms. The SMILES string of the molecule is O=C(O)Cc1ccc(Sc2ccc([N+](=O)[O-])cn2)cc1. The van der Waals surface area contributed by atoms with Crippen LogP contribution in [0.3, 0.4) is 0 Å². The highest BCUT2D eigenvalue weighted by Gasteiger charge is 2.06. The van der Waals surface area contributed by atoms with E-state index in [4.69, 9.17) is 5.11 Å². The van der Waals surface area contributed by atoms with Crippen molar-refractivity contribution in [2.24, 2.45) is 0 Å². The van der Waals surface area contributed by atoms with Gasteiger partial charge in [0.05, 0.1) is 11.3 Å². The largest absolute Gasteiger partial charge is 0.481 e. The summed E-state index contributed by atoms with van der Waals surface area (Å²) in [7, 11) is 0. The van der Waals surface area contributed by atoms with Crippen LogP contribution in [0.1, 0.15) is 5.56 Å². The number of hydrogen-bond donors (Lipinski definition) is 1. The minimum absolute atomic E-state index is 0.0132. The van der Waals surface area contributed by atoms with Gasteiger partial charge in [-0.2, -0.15) is 0 Å². The number of carboxylic acid groups (broad SMARTS) is 1. The number of aromatic nitrogens is 1. The average molecular weight is 290 g/mol. The zero-order chi connectivity index (χ0) is 14.5. The van der Waals surface area contributed by atoms with Crippen molar-refractivity contribution in [1.82, 2.24) is 4.98 Å². The van der Waals surface area contributed by atoms with Gasteiger partial charge in [-0.05, 0) is 23.8 Å². The number of pyridine rings is 1. The van der Waals surface area contributed by atoms with E-state index in [2.05, 4.69) is 4.98 Å². The quantitative estimate of drug-likeness (QED) is 0.672. The Bertz CT molecular complexity index is 626. The number of hydrogen-bond acceptors (Lipinski definition) is 5. The third-order valence-electron chi connectivity index (χ3n) is 2.43. The molecule has 0 atom stereocenters. The van der Waals surface area contributed by atoms with Gasteiger partial charge in [0, 0.05) is 11.0 Å². The highest BCUT2D eigenvalue weighted by Crippen LogP contribution is 2.27. The lowest BCUT2D eigenvalue weighted by atomic mass is 10.2. The van der Waals surface area contributed by atoms with Crippen LogP contribution in [0.2, 0.25) is 0 Å². The first-order valence-electron chi connectivity index (χ1n) is 5.63. The van der Waals surface area contributed by atoms with Gasteiger partial charge in [0.1, 0.15) is 11.2 Å². The molecule has 20 heavy (non-hydrogen) atoms. The number of benzene rings is 1. The Labute approximate surface area is 118 Å². The molecule has 1 heterocycles. The summed E-state index contributed by atoms with van der Waals surface area (Å²) in [6, 6.07) is 10.0. The van der Waals surface area contributed by atoms with E-state index in [1.54, 1.807) is 30.3 Å². The standard InChI is InChI=1S/C13H10N2O4S/c16-13(17)7-9-1-4-11(5-2-9)20-12-6-3-10(8-14-12)15(18)19/h1-6,8H,7H2,(H,16,17). The summed E-state index contributed by atoms with van der Waals surface area (Å²) in [6.45, 7) is 0. The van der Waals surface area contributed by atoms with Crippen LogP contribution in [0.25, 0.3) is 0 Å². The molecule has 0 radical (unpaired) electrons. The van der Waals surface area contributed by atoms with Crippen molar-refractivity contribution < 1.29 is 14.8 Å². The van der Waals surface area contributed by atoms with E-state index >= 15 is 0 Å². The fourth-order valence-corrected chi connectivity index (χ4v) is 2.27. The van der Waals surface area contributed by atoms with E-state index in [1.807, 2.05) is 0 Å². The van der Waals surface area contributed by atoms with Crippen LogP contribution in [-0.4, -0.2) is 21.0 Å². The summed E-state index contributed by atoms with van der Waals surface area (Å²) in [6.07, 6.45) is 1.20. The van der Waals surface area contributed by atoms with Crippen LogP contribution >= 0.6 is 11.8 Å². The van der Waals surface area contributed by atoms with Crippen molar-refractivity contribution >= 4 is 23.4 Å². The topological polar surface area (TPSA) is 93.3 Å². The third-order valence-corrected chi connectivity index (χ3v) is 3.39. The molecule has 2 rings (SSSR count). The molecule has 0 unspecified atom stereocenters. The highest BCUT2D eigenvalue weighted by atomic mass is 32.2. The first-order valence-corrected chi connectivity index (χ1v) is 6.45. The van der Waals surface area contributed by atoms with E-state index in [0.29, 0.717) is 5.03 Å². The maximum absolute atomic E-state index is 10.6. The van der Waals surface area contributed by atoms with Gasteiger partial charge in [-0.3, -0.25) is 14.9 Å². The molecule has 1 N–H and O–H groups in total. The monoisotopic (exact) mass is 290 g/mol. The van der Waals surface area contributed by atoms with Crippen molar-refractivity contribution in [1.29, 1.82) is 0 Å². The van der Waals surface area contributed by atoms with E-state index in [0.717, 1.165) is 10.5 Å². The molecule has 0 saturated carbocycles. The molecular weight excluding hydrogens is 280 g/mol. The second kappa shape index (κ2) is 6.16. The molecular formula is C13H10N2O4S.